The van der Waals surface area contributed by atoms with E-state index >= 15 is 0 Å². The number of nitrogens with one attached hydrogen (secondary N) is 2. The van der Waals surface area contributed by atoms with Crippen LogP contribution in [0.25, 0.3) is 0 Å². The molecule has 0 unspecified atom stereocenters. The Bertz CT molecular complexity index is 320. The molecule has 0 saturated carbocycles. The maximum absolute atomic E-state index is 4.47. The lowest BCUT2D eigenvalue weighted by atomic mass is 10.5. The molecule has 1 rings (SSSR count). The number of rotatable bonds is 4. The van der Waals surface area contributed by atoms with E-state index in [1.807, 2.05) is 0 Å². The SMILES string of the molecule is CCNC(=NCc1ccc(Br)s1)NCC.I. The first kappa shape index (κ1) is 16.2. The first-order valence-corrected chi connectivity index (χ1v) is 6.63. The zero-order chi connectivity index (χ0) is 11.1. The standard InChI is InChI=1S/C10H16BrN3S.HI/c1-3-12-10(13-4-2)14-7-8-5-6-9(11)15-8;/h5-6H,3-4,7H2,1-2H3,(H2,12,13,14);1H. The second-order valence-corrected chi connectivity index (χ2v) is 5.48. The Morgan fingerprint density at radius 2 is 1.94 bits per heavy atom. The maximum Gasteiger partial charge on any atom is 0.191 e. The lowest BCUT2D eigenvalue weighted by Gasteiger charge is -2.08. The first-order valence-electron chi connectivity index (χ1n) is 5.02. The topological polar surface area (TPSA) is 36.4 Å². The molecule has 0 aromatic carbocycles. The third-order valence-corrected chi connectivity index (χ3v) is 3.32. The minimum absolute atomic E-state index is 0. The van der Waals surface area contributed by atoms with Gasteiger partial charge < -0.3 is 10.6 Å². The summed E-state index contributed by atoms with van der Waals surface area (Å²) in [5, 5.41) is 6.38. The monoisotopic (exact) mass is 417 g/mol. The van der Waals surface area contributed by atoms with Crippen molar-refractivity contribution >= 4 is 57.2 Å². The normalized spacial score (nSPS) is 9.19. The van der Waals surface area contributed by atoms with Crippen LogP contribution in [0.15, 0.2) is 20.9 Å². The Morgan fingerprint density at radius 1 is 1.31 bits per heavy atom. The van der Waals surface area contributed by atoms with E-state index in [2.05, 4.69) is 57.5 Å². The fourth-order valence-electron chi connectivity index (χ4n) is 1.10. The van der Waals surface area contributed by atoms with Crippen LogP contribution < -0.4 is 10.6 Å². The summed E-state index contributed by atoms with van der Waals surface area (Å²) < 4.78 is 1.15. The zero-order valence-electron chi connectivity index (χ0n) is 9.42. The van der Waals surface area contributed by atoms with Gasteiger partial charge in [0.2, 0.25) is 0 Å². The van der Waals surface area contributed by atoms with Crippen LogP contribution in [0.5, 0.6) is 0 Å². The van der Waals surface area contributed by atoms with Crippen molar-refractivity contribution in [2.24, 2.45) is 4.99 Å². The van der Waals surface area contributed by atoms with Gasteiger partial charge in [0.25, 0.3) is 0 Å². The van der Waals surface area contributed by atoms with Crippen LogP contribution in [0, 0.1) is 0 Å². The lowest BCUT2D eigenvalue weighted by molar-refractivity contribution is 0.841. The van der Waals surface area contributed by atoms with Gasteiger partial charge in [0, 0.05) is 18.0 Å². The van der Waals surface area contributed by atoms with Crippen molar-refractivity contribution < 1.29 is 0 Å². The van der Waals surface area contributed by atoms with Crippen molar-refractivity contribution in [3.05, 3.63) is 20.8 Å². The number of hydrogen-bond donors (Lipinski definition) is 2. The smallest absolute Gasteiger partial charge is 0.191 e. The molecule has 2 N–H and O–H groups in total. The lowest BCUT2D eigenvalue weighted by Crippen LogP contribution is -2.36. The summed E-state index contributed by atoms with van der Waals surface area (Å²) in [5.74, 6) is 0.879. The number of halogens is 2. The van der Waals surface area contributed by atoms with Gasteiger partial charge in [0.15, 0.2) is 5.96 Å². The van der Waals surface area contributed by atoms with Crippen molar-refractivity contribution in [1.29, 1.82) is 0 Å². The van der Waals surface area contributed by atoms with Crippen LogP contribution in [0.2, 0.25) is 0 Å². The highest BCUT2D eigenvalue weighted by Gasteiger charge is 1.98. The Labute approximate surface area is 126 Å². The summed E-state index contributed by atoms with van der Waals surface area (Å²) in [6, 6.07) is 4.14. The van der Waals surface area contributed by atoms with Gasteiger partial charge in [0.1, 0.15) is 0 Å². The van der Waals surface area contributed by atoms with E-state index in [1.165, 1.54) is 4.88 Å². The Balaban J connectivity index is 0.00000225. The molecule has 0 bridgehead atoms. The Morgan fingerprint density at radius 3 is 2.38 bits per heavy atom. The molecule has 0 amide bonds. The first-order chi connectivity index (χ1) is 7.26. The van der Waals surface area contributed by atoms with Gasteiger partial charge in [-0.2, -0.15) is 0 Å². The highest BCUT2D eigenvalue weighted by atomic mass is 127. The summed E-state index contributed by atoms with van der Waals surface area (Å²) >= 11 is 5.16. The minimum Gasteiger partial charge on any atom is -0.357 e. The van der Waals surface area contributed by atoms with Crippen molar-refractivity contribution in [3.8, 4) is 0 Å². The highest BCUT2D eigenvalue weighted by Crippen LogP contribution is 2.22. The molecule has 16 heavy (non-hydrogen) atoms. The molecule has 1 aromatic rings. The molecular formula is C10H17BrIN3S. The van der Waals surface area contributed by atoms with Gasteiger partial charge in [0.05, 0.1) is 10.3 Å². The molecule has 0 fully saturated rings. The fourth-order valence-corrected chi connectivity index (χ4v) is 2.51. The summed E-state index contributed by atoms with van der Waals surface area (Å²) in [7, 11) is 0. The molecule has 1 aromatic heterocycles. The molecule has 0 aliphatic heterocycles. The Hall–Kier alpha value is 0.180. The van der Waals surface area contributed by atoms with Crippen LogP contribution in [0.1, 0.15) is 18.7 Å². The van der Waals surface area contributed by atoms with Gasteiger partial charge in [-0.1, -0.05) is 0 Å². The van der Waals surface area contributed by atoms with E-state index in [9.17, 15) is 0 Å². The number of aliphatic imine (C=N–C) groups is 1. The molecule has 1 heterocycles. The molecule has 0 aliphatic carbocycles. The minimum atomic E-state index is 0. The summed E-state index contributed by atoms with van der Waals surface area (Å²) in [6.45, 7) is 6.63. The maximum atomic E-state index is 4.47. The van der Waals surface area contributed by atoms with E-state index in [1.54, 1.807) is 11.3 Å². The van der Waals surface area contributed by atoms with E-state index in [0.717, 1.165) is 29.4 Å². The quantitative estimate of drug-likeness (QED) is 0.448. The molecule has 92 valence electrons. The number of nitrogens with zero attached hydrogens (tertiary/aromatic N) is 1. The highest BCUT2D eigenvalue weighted by molar-refractivity contribution is 14.0. The second kappa shape index (κ2) is 9.23. The van der Waals surface area contributed by atoms with Gasteiger partial charge in [-0.3, -0.25) is 0 Å². The van der Waals surface area contributed by atoms with Crippen LogP contribution >= 0.6 is 51.2 Å². The van der Waals surface area contributed by atoms with Crippen LogP contribution in [0.3, 0.4) is 0 Å². The largest absolute Gasteiger partial charge is 0.357 e. The number of guanidine groups is 1. The molecular weight excluding hydrogens is 401 g/mol. The van der Waals surface area contributed by atoms with Crippen LogP contribution in [-0.4, -0.2) is 19.0 Å². The third-order valence-electron chi connectivity index (χ3n) is 1.71. The molecule has 6 heteroatoms. The molecule has 0 saturated heterocycles. The van der Waals surface area contributed by atoms with E-state index in [-0.39, 0.29) is 24.0 Å². The van der Waals surface area contributed by atoms with Gasteiger partial charge >= 0.3 is 0 Å². The average molecular weight is 418 g/mol. The fraction of sp³-hybridized carbons (Fsp3) is 0.500. The van der Waals surface area contributed by atoms with Gasteiger partial charge in [-0.25, -0.2) is 4.99 Å². The van der Waals surface area contributed by atoms with Crippen LogP contribution in [-0.2, 0) is 6.54 Å². The molecule has 3 nitrogen and oxygen atoms in total. The molecule has 0 spiro atoms. The summed E-state index contributed by atoms with van der Waals surface area (Å²) in [6.07, 6.45) is 0. The van der Waals surface area contributed by atoms with Crippen molar-refractivity contribution in [3.63, 3.8) is 0 Å². The predicted octanol–water partition coefficient (Wildman–Crippen LogP) is 3.20. The number of thiophene rings is 1. The third kappa shape index (κ3) is 6.05. The predicted molar refractivity (Wildman–Crippen MR) is 85.9 cm³/mol. The molecule has 0 radical (unpaired) electrons. The van der Waals surface area contributed by atoms with Crippen LogP contribution in [0.4, 0.5) is 0 Å². The zero-order valence-corrected chi connectivity index (χ0v) is 14.2. The van der Waals surface area contributed by atoms with Crippen molar-refractivity contribution in [2.75, 3.05) is 13.1 Å². The average Bonchev–Trinajstić information content (AvgIpc) is 2.61. The van der Waals surface area contributed by atoms with E-state index < -0.39 is 0 Å². The van der Waals surface area contributed by atoms with Crippen molar-refractivity contribution in [2.45, 2.75) is 20.4 Å². The van der Waals surface area contributed by atoms with E-state index in [0.29, 0.717) is 0 Å². The second-order valence-electron chi connectivity index (χ2n) is 2.93. The molecule has 0 atom stereocenters. The molecule has 0 aliphatic rings. The summed E-state index contributed by atoms with van der Waals surface area (Å²) in [4.78, 5) is 5.73. The summed E-state index contributed by atoms with van der Waals surface area (Å²) in [5.41, 5.74) is 0. The van der Waals surface area contributed by atoms with E-state index in [4.69, 9.17) is 0 Å². The van der Waals surface area contributed by atoms with Gasteiger partial charge in [-0.15, -0.1) is 35.3 Å². The van der Waals surface area contributed by atoms with Gasteiger partial charge in [-0.05, 0) is 41.9 Å². The van der Waals surface area contributed by atoms with Crippen molar-refractivity contribution in [1.82, 2.24) is 10.6 Å². The number of hydrogen-bond acceptors (Lipinski definition) is 2. The Kier molecular flexibility index (Phi) is 9.34.